The topological polar surface area (TPSA) is 69.6 Å². The highest BCUT2D eigenvalue weighted by Gasteiger charge is 2.53. The van der Waals surface area contributed by atoms with Gasteiger partial charge >= 0.3 is 18.2 Å². The Bertz CT molecular complexity index is 655. The molecular formula is C13H10F6N2O3. The molecule has 0 aliphatic carbocycles. The molecule has 1 aromatic rings. The lowest BCUT2D eigenvalue weighted by Crippen LogP contribution is -2.35. The van der Waals surface area contributed by atoms with Crippen molar-refractivity contribution < 1.29 is 41.0 Å². The van der Waals surface area contributed by atoms with Crippen molar-refractivity contribution in [3.63, 3.8) is 0 Å². The lowest BCUT2D eigenvalue weighted by atomic mass is 9.96. The first kappa shape index (κ1) is 17.9. The number of urea groups is 1. The maximum Gasteiger partial charge on any atom is 0.394 e. The lowest BCUT2D eigenvalue weighted by Gasteiger charge is -2.19. The van der Waals surface area contributed by atoms with Crippen LogP contribution >= 0.6 is 0 Å². The number of rotatable bonds is 2. The van der Waals surface area contributed by atoms with Gasteiger partial charge in [0.1, 0.15) is 11.5 Å². The molecule has 2 rings (SSSR count). The Labute approximate surface area is 130 Å². The van der Waals surface area contributed by atoms with E-state index in [1.165, 1.54) is 0 Å². The van der Waals surface area contributed by atoms with Crippen molar-refractivity contribution in [1.29, 1.82) is 0 Å². The minimum atomic E-state index is -4.86. The average Bonchev–Trinajstić information content (AvgIpc) is 2.88. The minimum Gasteiger partial charge on any atom is -0.481 e. The number of halogens is 6. The SMILES string of the molecule is O=C(O)[C@@H]1CN(C(=O)Nc2c(F)cc(F)cc2F)C[C@H]1C(F)(F)F. The van der Waals surface area contributed by atoms with Gasteiger partial charge in [0.2, 0.25) is 0 Å². The second kappa shape index (κ2) is 6.21. The zero-order valence-electron chi connectivity index (χ0n) is 11.7. The Hall–Kier alpha value is -2.46. The van der Waals surface area contributed by atoms with Crippen LogP contribution < -0.4 is 5.32 Å². The number of carbonyl (C=O) groups is 2. The fourth-order valence-electron chi connectivity index (χ4n) is 2.40. The van der Waals surface area contributed by atoms with E-state index in [0.717, 1.165) is 0 Å². The van der Waals surface area contributed by atoms with Crippen LogP contribution in [-0.2, 0) is 4.79 Å². The molecule has 2 N–H and O–H groups in total. The Morgan fingerprint density at radius 1 is 1.12 bits per heavy atom. The molecule has 2 amide bonds. The number of amides is 2. The van der Waals surface area contributed by atoms with E-state index in [0.29, 0.717) is 4.90 Å². The number of benzene rings is 1. The molecule has 0 saturated carbocycles. The summed E-state index contributed by atoms with van der Waals surface area (Å²) < 4.78 is 78.1. The van der Waals surface area contributed by atoms with E-state index >= 15 is 0 Å². The zero-order chi connectivity index (χ0) is 18.2. The minimum absolute atomic E-state index is 0.279. The van der Waals surface area contributed by atoms with E-state index in [1.807, 2.05) is 0 Å². The number of hydrogen-bond acceptors (Lipinski definition) is 2. The number of anilines is 1. The normalized spacial score (nSPS) is 21.0. The van der Waals surface area contributed by atoms with Gasteiger partial charge in [0.15, 0.2) is 11.6 Å². The van der Waals surface area contributed by atoms with E-state index in [9.17, 15) is 35.9 Å². The molecule has 0 unspecified atom stereocenters. The summed E-state index contributed by atoms with van der Waals surface area (Å²) in [6, 6.07) is -0.764. The Balaban J connectivity index is 2.18. The van der Waals surface area contributed by atoms with E-state index in [2.05, 4.69) is 0 Å². The molecule has 0 aromatic heterocycles. The van der Waals surface area contributed by atoms with E-state index in [-0.39, 0.29) is 12.1 Å². The van der Waals surface area contributed by atoms with Gasteiger partial charge in [-0.3, -0.25) is 4.79 Å². The van der Waals surface area contributed by atoms with Crippen LogP contribution in [0.3, 0.4) is 0 Å². The first-order valence-corrected chi connectivity index (χ1v) is 6.50. The quantitative estimate of drug-likeness (QED) is 0.801. The highest BCUT2D eigenvalue weighted by Crippen LogP contribution is 2.38. The summed E-state index contributed by atoms with van der Waals surface area (Å²) in [5, 5.41) is 10.5. The first-order valence-electron chi connectivity index (χ1n) is 6.50. The van der Waals surface area contributed by atoms with Crippen LogP contribution in [0.5, 0.6) is 0 Å². The fourth-order valence-corrected chi connectivity index (χ4v) is 2.40. The molecule has 132 valence electrons. The monoisotopic (exact) mass is 356 g/mol. The molecule has 2 atom stereocenters. The summed E-state index contributed by atoms with van der Waals surface area (Å²) in [5.74, 6) is -10.1. The van der Waals surface area contributed by atoms with Gasteiger partial charge in [0.25, 0.3) is 0 Å². The lowest BCUT2D eigenvalue weighted by molar-refractivity contribution is -0.187. The number of nitrogens with zero attached hydrogens (tertiary/aromatic N) is 1. The number of alkyl halides is 3. The molecule has 1 fully saturated rings. The third-order valence-corrected chi connectivity index (χ3v) is 3.58. The Morgan fingerprint density at radius 3 is 2.08 bits per heavy atom. The van der Waals surface area contributed by atoms with Crippen LogP contribution in [0.1, 0.15) is 0 Å². The second-order valence-corrected chi connectivity index (χ2v) is 5.17. The van der Waals surface area contributed by atoms with Crippen molar-refractivity contribution in [2.24, 2.45) is 11.8 Å². The molecule has 0 spiro atoms. The summed E-state index contributed by atoms with van der Waals surface area (Å²) in [4.78, 5) is 23.3. The molecule has 1 aliphatic rings. The fraction of sp³-hybridized carbons (Fsp3) is 0.385. The van der Waals surface area contributed by atoms with Gasteiger partial charge in [-0.2, -0.15) is 13.2 Å². The first-order chi connectivity index (χ1) is 11.0. The number of likely N-dealkylation sites (tertiary alicyclic amines) is 1. The van der Waals surface area contributed by atoms with Gasteiger partial charge in [0, 0.05) is 25.2 Å². The molecule has 24 heavy (non-hydrogen) atoms. The Kier molecular flexibility index (Phi) is 4.63. The molecule has 11 heteroatoms. The standard InChI is InChI=1S/C13H10F6N2O3/c14-5-1-8(15)10(9(16)2-5)20-12(24)21-3-6(11(22)23)7(4-21)13(17,18)19/h1-2,6-7H,3-4H2,(H,20,24)(H,22,23)/t6-,7-/m1/s1. The third-order valence-electron chi connectivity index (χ3n) is 3.58. The summed E-state index contributed by atoms with van der Waals surface area (Å²) >= 11 is 0. The molecule has 0 radical (unpaired) electrons. The third kappa shape index (κ3) is 3.54. The summed E-state index contributed by atoms with van der Waals surface area (Å²) in [6.07, 6.45) is -4.86. The number of carboxylic acids is 1. The second-order valence-electron chi connectivity index (χ2n) is 5.17. The molecular weight excluding hydrogens is 346 g/mol. The van der Waals surface area contributed by atoms with Gasteiger partial charge in [-0.1, -0.05) is 0 Å². The molecule has 1 heterocycles. The number of nitrogens with one attached hydrogen (secondary N) is 1. The van der Waals surface area contributed by atoms with Crippen LogP contribution in [-0.4, -0.2) is 41.3 Å². The average molecular weight is 356 g/mol. The van der Waals surface area contributed by atoms with Crippen molar-refractivity contribution in [1.82, 2.24) is 4.90 Å². The largest absolute Gasteiger partial charge is 0.481 e. The van der Waals surface area contributed by atoms with Crippen molar-refractivity contribution in [2.45, 2.75) is 6.18 Å². The molecule has 5 nitrogen and oxygen atoms in total. The number of carbonyl (C=O) groups excluding carboxylic acids is 1. The van der Waals surface area contributed by atoms with Crippen molar-refractivity contribution >= 4 is 17.7 Å². The van der Waals surface area contributed by atoms with Crippen LogP contribution in [0.2, 0.25) is 0 Å². The van der Waals surface area contributed by atoms with Crippen LogP contribution in [0.4, 0.5) is 36.8 Å². The Morgan fingerprint density at radius 2 is 1.67 bits per heavy atom. The number of hydrogen-bond donors (Lipinski definition) is 2. The smallest absolute Gasteiger partial charge is 0.394 e. The van der Waals surface area contributed by atoms with Gasteiger partial charge in [-0.25, -0.2) is 18.0 Å². The summed E-state index contributed by atoms with van der Waals surface area (Å²) in [7, 11) is 0. The summed E-state index contributed by atoms with van der Waals surface area (Å²) in [5.41, 5.74) is -1.04. The highest BCUT2D eigenvalue weighted by molar-refractivity contribution is 5.90. The van der Waals surface area contributed by atoms with E-state index in [1.54, 1.807) is 5.32 Å². The highest BCUT2D eigenvalue weighted by atomic mass is 19.4. The van der Waals surface area contributed by atoms with Gasteiger partial charge in [-0.05, 0) is 0 Å². The van der Waals surface area contributed by atoms with E-state index < -0.39 is 66.2 Å². The van der Waals surface area contributed by atoms with Crippen LogP contribution in [0, 0.1) is 29.3 Å². The maximum absolute atomic E-state index is 13.4. The van der Waals surface area contributed by atoms with Crippen LogP contribution in [0.15, 0.2) is 12.1 Å². The molecule has 1 aliphatic heterocycles. The molecule has 1 aromatic carbocycles. The van der Waals surface area contributed by atoms with Gasteiger partial charge in [-0.15, -0.1) is 0 Å². The van der Waals surface area contributed by atoms with Gasteiger partial charge in [0.05, 0.1) is 11.8 Å². The number of carboxylic acid groups (broad SMARTS) is 1. The predicted octanol–water partition coefficient (Wildman–Crippen LogP) is 2.83. The van der Waals surface area contributed by atoms with E-state index in [4.69, 9.17) is 5.11 Å². The molecule has 1 saturated heterocycles. The molecule has 0 bridgehead atoms. The van der Waals surface area contributed by atoms with Crippen LogP contribution in [0.25, 0.3) is 0 Å². The predicted molar refractivity (Wildman–Crippen MR) is 67.6 cm³/mol. The van der Waals surface area contributed by atoms with Crippen molar-refractivity contribution in [3.05, 3.63) is 29.6 Å². The summed E-state index contributed by atoms with van der Waals surface area (Å²) in [6.45, 7) is -1.76. The van der Waals surface area contributed by atoms with Gasteiger partial charge < -0.3 is 15.3 Å². The maximum atomic E-state index is 13.4. The van der Waals surface area contributed by atoms with Crippen molar-refractivity contribution in [3.8, 4) is 0 Å². The number of aliphatic carboxylic acids is 1. The van der Waals surface area contributed by atoms with Crippen molar-refractivity contribution in [2.75, 3.05) is 18.4 Å². The zero-order valence-corrected chi connectivity index (χ0v) is 11.7.